The van der Waals surface area contributed by atoms with Crippen LogP contribution in [0.25, 0.3) is 0 Å². The maximum Gasteiger partial charge on any atom is 0.270 e. The molecule has 0 radical (unpaired) electrons. The fraction of sp³-hybridized carbons (Fsp3) is 0.500. The first-order valence-corrected chi connectivity index (χ1v) is 5.93. The average molecular weight is 235 g/mol. The van der Waals surface area contributed by atoms with Crippen molar-refractivity contribution in [3.63, 3.8) is 0 Å². The quantitative estimate of drug-likeness (QED) is 0.810. The minimum atomic E-state index is -0.0783. The van der Waals surface area contributed by atoms with Crippen molar-refractivity contribution < 1.29 is 9.59 Å². The normalized spacial score (nSPS) is 16.5. The smallest absolute Gasteiger partial charge is 0.270 e. The summed E-state index contributed by atoms with van der Waals surface area (Å²) in [5.41, 5.74) is 0.655. The first-order chi connectivity index (χ1) is 8.22. The SMILES string of the molecule is CCn1cccc1C(=O)N1CCCNC(=O)C1. The molecule has 5 nitrogen and oxygen atoms in total. The second-order valence-corrected chi connectivity index (χ2v) is 4.11. The lowest BCUT2D eigenvalue weighted by molar-refractivity contribution is -0.121. The lowest BCUT2D eigenvalue weighted by Gasteiger charge is -2.19. The fourth-order valence-corrected chi connectivity index (χ4v) is 2.03. The standard InChI is InChI=1S/C12H17N3O2/c1-2-14-7-3-5-10(14)12(17)15-8-4-6-13-11(16)9-15/h3,5,7H,2,4,6,8-9H2,1H3,(H,13,16). The van der Waals surface area contributed by atoms with Gasteiger partial charge in [-0.05, 0) is 25.5 Å². The lowest BCUT2D eigenvalue weighted by Crippen LogP contribution is -2.38. The molecule has 1 aromatic rings. The molecule has 0 spiro atoms. The van der Waals surface area contributed by atoms with E-state index in [9.17, 15) is 9.59 Å². The molecule has 2 amide bonds. The fourth-order valence-electron chi connectivity index (χ4n) is 2.03. The number of carbonyl (C=O) groups excluding carboxylic acids is 2. The van der Waals surface area contributed by atoms with Gasteiger partial charge in [0.2, 0.25) is 5.91 Å². The van der Waals surface area contributed by atoms with Crippen molar-refractivity contribution in [2.45, 2.75) is 19.9 Å². The van der Waals surface area contributed by atoms with Crippen LogP contribution in [0.3, 0.4) is 0 Å². The topological polar surface area (TPSA) is 54.3 Å². The highest BCUT2D eigenvalue weighted by Crippen LogP contribution is 2.08. The third kappa shape index (κ3) is 2.49. The van der Waals surface area contributed by atoms with Crippen LogP contribution in [-0.2, 0) is 11.3 Å². The summed E-state index contributed by atoms with van der Waals surface area (Å²) in [4.78, 5) is 25.3. The van der Waals surface area contributed by atoms with Crippen LogP contribution in [0.1, 0.15) is 23.8 Å². The van der Waals surface area contributed by atoms with Crippen molar-refractivity contribution >= 4 is 11.8 Å². The molecule has 0 atom stereocenters. The van der Waals surface area contributed by atoms with E-state index in [0.29, 0.717) is 18.8 Å². The molecule has 1 fully saturated rings. The summed E-state index contributed by atoms with van der Waals surface area (Å²) >= 11 is 0. The van der Waals surface area contributed by atoms with Gasteiger partial charge in [-0.2, -0.15) is 0 Å². The first kappa shape index (κ1) is 11.7. The van der Waals surface area contributed by atoms with Gasteiger partial charge in [-0.15, -0.1) is 0 Å². The van der Waals surface area contributed by atoms with Crippen LogP contribution in [0.15, 0.2) is 18.3 Å². The number of hydrogen-bond acceptors (Lipinski definition) is 2. The van der Waals surface area contributed by atoms with Crippen molar-refractivity contribution in [3.05, 3.63) is 24.0 Å². The number of nitrogens with zero attached hydrogens (tertiary/aromatic N) is 2. The first-order valence-electron chi connectivity index (χ1n) is 5.93. The van der Waals surface area contributed by atoms with E-state index >= 15 is 0 Å². The summed E-state index contributed by atoms with van der Waals surface area (Å²) in [5, 5.41) is 2.76. The van der Waals surface area contributed by atoms with Gasteiger partial charge in [0.25, 0.3) is 5.91 Å². The van der Waals surface area contributed by atoms with E-state index in [-0.39, 0.29) is 18.4 Å². The van der Waals surface area contributed by atoms with Gasteiger partial charge in [0.15, 0.2) is 0 Å². The van der Waals surface area contributed by atoms with Crippen molar-refractivity contribution in [2.75, 3.05) is 19.6 Å². The second kappa shape index (κ2) is 5.03. The van der Waals surface area contributed by atoms with Gasteiger partial charge in [0, 0.05) is 25.8 Å². The molecule has 1 saturated heterocycles. The highest BCUT2D eigenvalue weighted by atomic mass is 16.2. The summed E-state index contributed by atoms with van der Waals surface area (Å²) in [7, 11) is 0. The Morgan fingerprint density at radius 2 is 2.35 bits per heavy atom. The summed E-state index contributed by atoms with van der Waals surface area (Å²) in [6, 6.07) is 3.66. The molecule has 0 unspecified atom stereocenters. The lowest BCUT2D eigenvalue weighted by atomic mass is 10.3. The molecule has 1 aliphatic heterocycles. The minimum absolute atomic E-state index is 0.0612. The Bertz CT molecular complexity index is 425. The average Bonchev–Trinajstić information content (AvgIpc) is 2.70. The Morgan fingerprint density at radius 3 is 3.12 bits per heavy atom. The molecule has 0 saturated carbocycles. The van der Waals surface area contributed by atoms with E-state index in [4.69, 9.17) is 0 Å². The Kier molecular flexibility index (Phi) is 3.46. The molecule has 17 heavy (non-hydrogen) atoms. The molecule has 0 aliphatic carbocycles. The number of hydrogen-bond donors (Lipinski definition) is 1. The number of carbonyl (C=O) groups is 2. The number of amides is 2. The van der Waals surface area contributed by atoms with E-state index in [0.717, 1.165) is 13.0 Å². The Labute approximate surface area is 100 Å². The molecule has 1 N–H and O–H groups in total. The van der Waals surface area contributed by atoms with E-state index in [1.165, 1.54) is 0 Å². The molecule has 2 heterocycles. The molecular formula is C12H17N3O2. The van der Waals surface area contributed by atoms with E-state index in [1.54, 1.807) is 11.0 Å². The maximum absolute atomic E-state index is 12.3. The summed E-state index contributed by atoms with van der Waals surface area (Å²) in [5.74, 6) is -0.139. The number of nitrogens with one attached hydrogen (secondary N) is 1. The van der Waals surface area contributed by atoms with Crippen LogP contribution in [0, 0.1) is 0 Å². The number of aryl methyl sites for hydroxylation is 1. The van der Waals surface area contributed by atoms with Gasteiger partial charge >= 0.3 is 0 Å². The number of rotatable bonds is 2. The van der Waals surface area contributed by atoms with Crippen LogP contribution in [0.2, 0.25) is 0 Å². The van der Waals surface area contributed by atoms with Crippen LogP contribution in [0.5, 0.6) is 0 Å². The van der Waals surface area contributed by atoms with Crippen LogP contribution in [0.4, 0.5) is 0 Å². The zero-order valence-electron chi connectivity index (χ0n) is 9.98. The van der Waals surface area contributed by atoms with Crippen molar-refractivity contribution in [3.8, 4) is 0 Å². The predicted octanol–water partition coefficient (Wildman–Crippen LogP) is 0.470. The van der Waals surface area contributed by atoms with Gasteiger partial charge in [0.1, 0.15) is 5.69 Å². The maximum atomic E-state index is 12.3. The van der Waals surface area contributed by atoms with E-state index in [1.807, 2.05) is 23.8 Å². The minimum Gasteiger partial charge on any atom is -0.354 e. The monoisotopic (exact) mass is 235 g/mol. The second-order valence-electron chi connectivity index (χ2n) is 4.11. The summed E-state index contributed by atoms with van der Waals surface area (Å²) in [6.07, 6.45) is 2.69. The zero-order chi connectivity index (χ0) is 12.3. The Morgan fingerprint density at radius 1 is 1.53 bits per heavy atom. The van der Waals surface area contributed by atoms with E-state index in [2.05, 4.69) is 5.32 Å². The van der Waals surface area contributed by atoms with Gasteiger partial charge in [-0.3, -0.25) is 9.59 Å². The van der Waals surface area contributed by atoms with Crippen molar-refractivity contribution in [1.29, 1.82) is 0 Å². The van der Waals surface area contributed by atoms with Crippen molar-refractivity contribution in [2.24, 2.45) is 0 Å². The summed E-state index contributed by atoms with van der Waals surface area (Å²) < 4.78 is 1.89. The molecular weight excluding hydrogens is 218 g/mol. The Hall–Kier alpha value is -1.78. The van der Waals surface area contributed by atoms with Gasteiger partial charge in [0.05, 0.1) is 6.54 Å². The molecule has 0 aromatic carbocycles. The van der Waals surface area contributed by atoms with Gasteiger partial charge in [-0.25, -0.2) is 0 Å². The van der Waals surface area contributed by atoms with Crippen LogP contribution in [-0.4, -0.2) is 40.9 Å². The zero-order valence-corrected chi connectivity index (χ0v) is 9.98. The molecule has 5 heteroatoms. The molecule has 0 bridgehead atoms. The number of aromatic nitrogens is 1. The highest BCUT2D eigenvalue weighted by Gasteiger charge is 2.22. The molecule has 92 valence electrons. The van der Waals surface area contributed by atoms with E-state index < -0.39 is 0 Å². The molecule has 1 aromatic heterocycles. The molecule has 2 rings (SSSR count). The van der Waals surface area contributed by atoms with Gasteiger partial charge < -0.3 is 14.8 Å². The largest absolute Gasteiger partial charge is 0.354 e. The Balaban J connectivity index is 2.16. The molecule has 1 aliphatic rings. The van der Waals surface area contributed by atoms with Crippen LogP contribution >= 0.6 is 0 Å². The summed E-state index contributed by atoms with van der Waals surface area (Å²) in [6.45, 7) is 4.19. The van der Waals surface area contributed by atoms with Gasteiger partial charge in [-0.1, -0.05) is 0 Å². The third-order valence-corrected chi connectivity index (χ3v) is 2.94. The van der Waals surface area contributed by atoms with Crippen LogP contribution < -0.4 is 5.32 Å². The highest BCUT2D eigenvalue weighted by molar-refractivity contribution is 5.95. The third-order valence-electron chi connectivity index (χ3n) is 2.94. The van der Waals surface area contributed by atoms with Crippen molar-refractivity contribution in [1.82, 2.24) is 14.8 Å². The predicted molar refractivity (Wildman–Crippen MR) is 63.6 cm³/mol.